The van der Waals surface area contributed by atoms with E-state index in [1.807, 2.05) is 25.4 Å². The number of ether oxygens (including phenoxy) is 2. The molecule has 30 heavy (non-hydrogen) atoms. The highest BCUT2D eigenvalue weighted by Crippen LogP contribution is 2.41. The van der Waals surface area contributed by atoms with Crippen molar-refractivity contribution in [3.63, 3.8) is 0 Å². The van der Waals surface area contributed by atoms with Gasteiger partial charge in [-0.3, -0.25) is 9.88 Å². The van der Waals surface area contributed by atoms with Crippen LogP contribution in [0.5, 0.6) is 5.88 Å². The highest BCUT2D eigenvalue weighted by Gasteiger charge is 2.43. The second kappa shape index (κ2) is 10.6. The maximum absolute atomic E-state index is 5.95. The van der Waals surface area contributed by atoms with Gasteiger partial charge >= 0.3 is 0 Å². The highest BCUT2D eigenvalue weighted by molar-refractivity contribution is 5.85. The van der Waals surface area contributed by atoms with Gasteiger partial charge in [-0.1, -0.05) is 12.1 Å². The van der Waals surface area contributed by atoms with Gasteiger partial charge in [-0.25, -0.2) is 4.98 Å². The number of aromatic nitrogens is 2. The Balaban J connectivity index is 0.00000320. The van der Waals surface area contributed by atoms with E-state index in [-0.39, 0.29) is 23.4 Å². The molecule has 0 bridgehead atoms. The molecule has 2 aromatic heterocycles. The summed E-state index contributed by atoms with van der Waals surface area (Å²) in [6.07, 6.45) is 7.21. The minimum atomic E-state index is -0.0453. The lowest BCUT2D eigenvalue weighted by Gasteiger charge is -2.38. The first-order valence-electron chi connectivity index (χ1n) is 10.6. The third-order valence-electron chi connectivity index (χ3n) is 6.41. The van der Waals surface area contributed by atoms with Crippen molar-refractivity contribution in [3.8, 4) is 5.88 Å². The fourth-order valence-electron chi connectivity index (χ4n) is 4.23. The van der Waals surface area contributed by atoms with Crippen LogP contribution in [0.3, 0.4) is 0 Å². The molecule has 0 radical (unpaired) electrons. The van der Waals surface area contributed by atoms with E-state index < -0.39 is 0 Å². The largest absolute Gasteiger partial charge is 0.481 e. The number of aryl methyl sites for hydroxylation is 2. The van der Waals surface area contributed by atoms with Gasteiger partial charge in [-0.15, -0.1) is 12.4 Å². The molecule has 2 aromatic rings. The molecular weight excluding hydrogens is 398 g/mol. The summed E-state index contributed by atoms with van der Waals surface area (Å²) in [7, 11) is 1.65. The molecule has 1 atom stereocenters. The number of methoxy groups -OCH3 is 1. The first-order valence-corrected chi connectivity index (χ1v) is 10.6. The molecule has 0 aromatic carbocycles. The van der Waals surface area contributed by atoms with Crippen molar-refractivity contribution in [2.45, 2.75) is 52.5 Å². The van der Waals surface area contributed by atoms with Crippen molar-refractivity contribution in [2.24, 2.45) is 5.41 Å². The summed E-state index contributed by atoms with van der Waals surface area (Å²) < 4.78 is 11.1. The number of pyridine rings is 2. The van der Waals surface area contributed by atoms with Gasteiger partial charge in [0.05, 0.1) is 13.7 Å². The highest BCUT2D eigenvalue weighted by atomic mass is 35.5. The van der Waals surface area contributed by atoms with Crippen molar-refractivity contribution >= 4 is 12.4 Å². The maximum Gasteiger partial charge on any atom is 0.212 e. The molecule has 0 unspecified atom stereocenters. The van der Waals surface area contributed by atoms with E-state index in [1.54, 1.807) is 7.11 Å². The van der Waals surface area contributed by atoms with Crippen LogP contribution in [0.4, 0.5) is 0 Å². The minimum Gasteiger partial charge on any atom is -0.481 e. The third kappa shape index (κ3) is 5.71. The summed E-state index contributed by atoms with van der Waals surface area (Å²) in [4.78, 5) is 11.5. The fourth-order valence-corrected chi connectivity index (χ4v) is 4.23. The lowest BCUT2D eigenvalue weighted by molar-refractivity contribution is 0.0384. The molecule has 1 fully saturated rings. The van der Waals surface area contributed by atoms with Crippen molar-refractivity contribution in [2.75, 3.05) is 33.4 Å². The molecule has 0 aliphatic carbocycles. The van der Waals surface area contributed by atoms with Crippen LogP contribution in [0.15, 0.2) is 36.7 Å². The van der Waals surface area contributed by atoms with E-state index in [2.05, 4.69) is 53.8 Å². The molecule has 1 aliphatic heterocycles. The molecule has 3 heterocycles. The molecule has 166 valence electrons. The van der Waals surface area contributed by atoms with Crippen molar-refractivity contribution in [3.05, 3.63) is 53.5 Å². The van der Waals surface area contributed by atoms with Crippen molar-refractivity contribution in [1.29, 1.82) is 0 Å². The molecule has 6 heteroatoms. The van der Waals surface area contributed by atoms with Gasteiger partial charge in [0.25, 0.3) is 0 Å². The summed E-state index contributed by atoms with van der Waals surface area (Å²) in [5, 5.41) is 0. The first-order chi connectivity index (χ1) is 13.9. The van der Waals surface area contributed by atoms with Crippen LogP contribution in [0.2, 0.25) is 0 Å². The standard InChI is InChI=1S/C24H35N3O2.ClH/c1-6-29-18-24(12-11-20-8-10-22(28-5)26-15-20)13-14-27(17-24)23(3,4)21-9-7-19(2)25-16-21;/h7-10,15-16H,6,11-14,17-18H2,1-5H3;1H/t24-;/m1./s1. The molecule has 5 nitrogen and oxygen atoms in total. The monoisotopic (exact) mass is 433 g/mol. The Hall–Kier alpha value is -1.69. The normalized spacial score (nSPS) is 19.5. The predicted molar refractivity (Wildman–Crippen MR) is 123 cm³/mol. The van der Waals surface area contributed by atoms with Gasteiger partial charge in [0, 0.05) is 48.3 Å². The van der Waals surface area contributed by atoms with Gasteiger partial charge in [-0.05, 0) is 70.7 Å². The smallest absolute Gasteiger partial charge is 0.212 e. The molecular formula is C24H36ClN3O2. The van der Waals surface area contributed by atoms with Gasteiger partial charge in [-0.2, -0.15) is 0 Å². The van der Waals surface area contributed by atoms with Crippen LogP contribution in [0.1, 0.15) is 50.4 Å². The number of halogens is 1. The average Bonchev–Trinajstić information content (AvgIpc) is 3.17. The number of nitrogens with zero attached hydrogens (tertiary/aromatic N) is 3. The Labute approximate surface area is 187 Å². The zero-order valence-corrected chi connectivity index (χ0v) is 19.8. The molecule has 1 saturated heterocycles. The molecule has 3 rings (SSSR count). The van der Waals surface area contributed by atoms with E-state index in [0.29, 0.717) is 5.88 Å². The van der Waals surface area contributed by atoms with Crippen LogP contribution in [0, 0.1) is 12.3 Å². The first kappa shape index (κ1) is 24.6. The van der Waals surface area contributed by atoms with E-state index in [0.717, 1.165) is 51.3 Å². The van der Waals surface area contributed by atoms with Crippen LogP contribution in [-0.2, 0) is 16.7 Å². The molecule has 0 saturated carbocycles. The minimum absolute atomic E-state index is 0. The van der Waals surface area contributed by atoms with Crippen molar-refractivity contribution in [1.82, 2.24) is 14.9 Å². The third-order valence-corrected chi connectivity index (χ3v) is 6.41. The predicted octanol–water partition coefficient (Wildman–Crippen LogP) is 4.81. The Morgan fingerprint density at radius 1 is 1.13 bits per heavy atom. The lowest BCUT2D eigenvalue weighted by Crippen LogP contribution is -2.42. The number of hydrogen-bond acceptors (Lipinski definition) is 5. The average molecular weight is 434 g/mol. The number of hydrogen-bond donors (Lipinski definition) is 0. The second-order valence-electron chi connectivity index (χ2n) is 8.76. The summed E-state index contributed by atoms with van der Waals surface area (Å²) in [6.45, 7) is 12.4. The van der Waals surface area contributed by atoms with Crippen LogP contribution in [0.25, 0.3) is 0 Å². The van der Waals surface area contributed by atoms with Crippen LogP contribution >= 0.6 is 12.4 Å². The lowest BCUT2D eigenvalue weighted by atomic mass is 9.82. The number of likely N-dealkylation sites (tertiary alicyclic amines) is 1. The molecule has 0 spiro atoms. The van der Waals surface area contributed by atoms with Gasteiger partial charge in [0.1, 0.15) is 0 Å². The maximum atomic E-state index is 5.95. The zero-order valence-electron chi connectivity index (χ0n) is 19.0. The summed E-state index contributed by atoms with van der Waals surface area (Å²) in [6, 6.07) is 8.39. The second-order valence-corrected chi connectivity index (χ2v) is 8.76. The molecule has 1 aliphatic rings. The number of rotatable bonds is 9. The Morgan fingerprint density at radius 3 is 2.53 bits per heavy atom. The molecule has 0 amide bonds. The van der Waals surface area contributed by atoms with E-state index in [9.17, 15) is 0 Å². The zero-order chi connectivity index (χ0) is 20.9. The van der Waals surface area contributed by atoms with Gasteiger partial charge < -0.3 is 9.47 Å². The summed E-state index contributed by atoms with van der Waals surface area (Å²) in [5.41, 5.74) is 3.71. The van der Waals surface area contributed by atoms with E-state index in [1.165, 1.54) is 11.1 Å². The fraction of sp³-hybridized carbons (Fsp3) is 0.583. The van der Waals surface area contributed by atoms with E-state index in [4.69, 9.17) is 9.47 Å². The topological polar surface area (TPSA) is 47.5 Å². The summed E-state index contributed by atoms with van der Waals surface area (Å²) in [5.74, 6) is 0.665. The molecule has 0 N–H and O–H groups in total. The van der Waals surface area contributed by atoms with E-state index >= 15 is 0 Å². The van der Waals surface area contributed by atoms with Gasteiger partial charge in [0.2, 0.25) is 5.88 Å². The quantitative estimate of drug-likeness (QED) is 0.567. The Bertz CT molecular complexity index is 780. The summed E-state index contributed by atoms with van der Waals surface area (Å²) >= 11 is 0. The van der Waals surface area contributed by atoms with Crippen molar-refractivity contribution < 1.29 is 9.47 Å². The van der Waals surface area contributed by atoms with Crippen LogP contribution < -0.4 is 4.74 Å². The Morgan fingerprint density at radius 2 is 1.93 bits per heavy atom. The van der Waals surface area contributed by atoms with Crippen LogP contribution in [-0.4, -0.2) is 48.3 Å². The Kier molecular flexibility index (Phi) is 8.65. The SMILES string of the molecule is CCOC[C@]1(CCc2ccc(OC)nc2)CCN(C(C)(C)c2ccc(C)nc2)C1.Cl. The van der Waals surface area contributed by atoms with Gasteiger partial charge in [0.15, 0.2) is 0 Å².